The second-order valence-electron chi connectivity index (χ2n) is 8.60. The molecule has 5 rings (SSSR count). The molecular formula is C25H26N4O4. The van der Waals surface area contributed by atoms with Crippen LogP contribution in [0.15, 0.2) is 54.9 Å². The third-order valence-corrected chi connectivity index (χ3v) is 6.82. The number of alkyl carbamates (subject to hydrolysis) is 1. The zero-order valence-electron chi connectivity index (χ0n) is 18.6. The second kappa shape index (κ2) is 8.27. The first-order valence-electron chi connectivity index (χ1n) is 11.0. The maximum atomic E-state index is 13.8. The number of amides is 2. The highest BCUT2D eigenvalue weighted by molar-refractivity contribution is 6.01. The molecule has 1 aliphatic heterocycles. The first-order chi connectivity index (χ1) is 16.0. The monoisotopic (exact) mass is 446 g/mol. The van der Waals surface area contributed by atoms with Crippen LogP contribution < -0.4 is 10.1 Å². The number of carbonyl (C=O) groups excluding carboxylic acids is 2. The van der Waals surface area contributed by atoms with Gasteiger partial charge in [-0.3, -0.25) is 9.89 Å². The van der Waals surface area contributed by atoms with E-state index in [9.17, 15) is 9.59 Å². The van der Waals surface area contributed by atoms with E-state index < -0.39 is 11.6 Å². The molecule has 170 valence electrons. The molecular weight excluding hydrogens is 420 g/mol. The molecule has 2 atom stereocenters. The summed E-state index contributed by atoms with van der Waals surface area (Å²) in [4.78, 5) is 27.6. The predicted molar refractivity (Wildman–Crippen MR) is 122 cm³/mol. The lowest BCUT2D eigenvalue weighted by atomic mass is 9.86. The third kappa shape index (κ3) is 3.61. The maximum absolute atomic E-state index is 13.8. The second-order valence-corrected chi connectivity index (χ2v) is 8.60. The molecule has 3 aromatic rings. The molecule has 8 nitrogen and oxygen atoms in total. The van der Waals surface area contributed by atoms with E-state index >= 15 is 0 Å². The Bertz CT molecular complexity index is 1190. The lowest BCUT2D eigenvalue weighted by molar-refractivity contribution is 0.0523. The number of benzene rings is 2. The zero-order valence-corrected chi connectivity index (χ0v) is 18.6. The highest BCUT2D eigenvalue weighted by Crippen LogP contribution is 2.51. The summed E-state index contributed by atoms with van der Waals surface area (Å²) in [7, 11) is 3.00. The van der Waals surface area contributed by atoms with E-state index in [4.69, 9.17) is 9.47 Å². The van der Waals surface area contributed by atoms with E-state index in [1.54, 1.807) is 13.3 Å². The molecule has 2 aromatic carbocycles. The number of methoxy groups -OCH3 is 2. The zero-order chi connectivity index (χ0) is 23.0. The standard InChI is InChI=1S/C25H26N4O4/c1-32-20-5-3-4-16(10-20)15-29-23(30)21-11-17(18-13-26-27-14-18)6-7-22(21)25(29)9-8-19(12-25)28-24(31)33-2/h3-7,10-11,13-14,19H,8-9,12,15H2,1-2H3,(H,26,27)(H,28,31). The number of ether oxygens (including phenoxy) is 2. The van der Waals surface area contributed by atoms with Crippen LogP contribution in [0.2, 0.25) is 0 Å². The quantitative estimate of drug-likeness (QED) is 0.621. The van der Waals surface area contributed by atoms with Crippen LogP contribution in [-0.2, 0) is 16.8 Å². The molecule has 1 fully saturated rings. The fourth-order valence-electron chi connectivity index (χ4n) is 5.24. The Kier molecular flexibility index (Phi) is 5.28. The number of hydrogen-bond acceptors (Lipinski definition) is 5. The Morgan fingerprint density at radius 1 is 1.24 bits per heavy atom. The largest absolute Gasteiger partial charge is 0.497 e. The molecule has 2 aliphatic rings. The van der Waals surface area contributed by atoms with Crippen LogP contribution in [0.5, 0.6) is 5.75 Å². The summed E-state index contributed by atoms with van der Waals surface area (Å²) in [6.45, 7) is 0.455. The summed E-state index contributed by atoms with van der Waals surface area (Å²) in [6, 6.07) is 13.8. The maximum Gasteiger partial charge on any atom is 0.407 e. The van der Waals surface area contributed by atoms with E-state index in [0.29, 0.717) is 18.5 Å². The van der Waals surface area contributed by atoms with Crippen molar-refractivity contribution in [2.45, 2.75) is 37.4 Å². The van der Waals surface area contributed by atoms with Gasteiger partial charge < -0.3 is 19.7 Å². The Balaban J connectivity index is 1.54. The number of nitrogens with one attached hydrogen (secondary N) is 2. The molecule has 0 saturated heterocycles. The van der Waals surface area contributed by atoms with Crippen LogP contribution >= 0.6 is 0 Å². The van der Waals surface area contributed by atoms with Gasteiger partial charge in [-0.05, 0) is 54.2 Å². The highest BCUT2D eigenvalue weighted by atomic mass is 16.5. The Morgan fingerprint density at radius 2 is 2.12 bits per heavy atom. The molecule has 1 aliphatic carbocycles. The van der Waals surface area contributed by atoms with Gasteiger partial charge in [0.05, 0.1) is 26.0 Å². The number of aromatic amines is 1. The molecule has 1 saturated carbocycles. The first kappa shape index (κ1) is 21.1. The van der Waals surface area contributed by atoms with E-state index in [0.717, 1.165) is 40.8 Å². The predicted octanol–water partition coefficient (Wildman–Crippen LogP) is 3.85. The van der Waals surface area contributed by atoms with Crippen LogP contribution in [0.1, 0.15) is 40.7 Å². The SMILES string of the molecule is COC(=O)NC1CCC2(C1)c1ccc(-c3cn[nH]c3)cc1C(=O)N2Cc1cccc(OC)c1. The molecule has 2 unspecified atom stereocenters. The van der Waals surface area contributed by atoms with Crippen molar-refractivity contribution in [2.24, 2.45) is 0 Å². The minimum atomic E-state index is -0.490. The van der Waals surface area contributed by atoms with Crippen LogP contribution in [0.25, 0.3) is 11.1 Å². The summed E-state index contributed by atoms with van der Waals surface area (Å²) < 4.78 is 10.2. The number of hydrogen-bond donors (Lipinski definition) is 2. The van der Waals surface area contributed by atoms with E-state index in [1.165, 1.54) is 7.11 Å². The van der Waals surface area contributed by atoms with Crippen LogP contribution in [-0.4, -0.2) is 47.4 Å². The Morgan fingerprint density at radius 3 is 2.88 bits per heavy atom. The summed E-state index contributed by atoms with van der Waals surface area (Å²) in [5.41, 5.74) is 4.09. The Labute approximate surface area is 191 Å². The van der Waals surface area contributed by atoms with Crippen molar-refractivity contribution >= 4 is 12.0 Å². The fourth-order valence-corrected chi connectivity index (χ4v) is 5.24. The number of nitrogens with zero attached hydrogens (tertiary/aromatic N) is 2. The van der Waals surface area contributed by atoms with E-state index in [2.05, 4.69) is 21.6 Å². The minimum Gasteiger partial charge on any atom is -0.497 e. The van der Waals surface area contributed by atoms with Crippen molar-refractivity contribution in [3.05, 3.63) is 71.5 Å². The topological polar surface area (TPSA) is 96.5 Å². The van der Waals surface area contributed by atoms with Gasteiger partial charge in [0.25, 0.3) is 5.91 Å². The van der Waals surface area contributed by atoms with Gasteiger partial charge in [0.2, 0.25) is 0 Å². The summed E-state index contributed by atoms with van der Waals surface area (Å²) in [5, 5.41) is 9.79. The van der Waals surface area contributed by atoms with E-state index in [1.807, 2.05) is 47.5 Å². The number of carbonyl (C=O) groups is 2. The molecule has 2 N–H and O–H groups in total. The molecule has 33 heavy (non-hydrogen) atoms. The van der Waals surface area contributed by atoms with Crippen molar-refractivity contribution in [1.29, 1.82) is 0 Å². The van der Waals surface area contributed by atoms with Gasteiger partial charge in [0.15, 0.2) is 0 Å². The Hall–Kier alpha value is -3.81. The van der Waals surface area contributed by atoms with Gasteiger partial charge in [-0.15, -0.1) is 0 Å². The molecule has 2 amide bonds. The van der Waals surface area contributed by atoms with Crippen molar-refractivity contribution in [2.75, 3.05) is 14.2 Å². The molecule has 0 bridgehead atoms. The van der Waals surface area contributed by atoms with Crippen LogP contribution in [0.3, 0.4) is 0 Å². The van der Waals surface area contributed by atoms with Crippen LogP contribution in [0, 0.1) is 0 Å². The van der Waals surface area contributed by atoms with E-state index in [-0.39, 0.29) is 11.9 Å². The summed E-state index contributed by atoms with van der Waals surface area (Å²) in [5.74, 6) is 0.751. The number of fused-ring (bicyclic) bond motifs is 2. The average molecular weight is 447 g/mol. The van der Waals surface area contributed by atoms with Gasteiger partial charge in [0, 0.05) is 29.9 Å². The van der Waals surface area contributed by atoms with Gasteiger partial charge in [0.1, 0.15) is 5.75 Å². The number of rotatable bonds is 5. The van der Waals surface area contributed by atoms with Crippen LogP contribution in [0.4, 0.5) is 4.79 Å². The molecule has 1 aromatic heterocycles. The summed E-state index contributed by atoms with van der Waals surface area (Å²) >= 11 is 0. The fraction of sp³-hybridized carbons (Fsp3) is 0.320. The normalized spacial score (nSPS) is 21.3. The molecule has 8 heteroatoms. The highest BCUT2D eigenvalue weighted by Gasteiger charge is 2.53. The van der Waals surface area contributed by atoms with Crippen molar-refractivity contribution in [3.63, 3.8) is 0 Å². The third-order valence-electron chi connectivity index (χ3n) is 6.82. The lowest BCUT2D eigenvalue weighted by Gasteiger charge is -2.36. The number of H-pyrrole nitrogens is 1. The van der Waals surface area contributed by atoms with Crippen molar-refractivity contribution in [3.8, 4) is 16.9 Å². The van der Waals surface area contributed by atoms with Crippen molar-refractivity contribution < 1.29 is 19.1 Å². The molecule has 0 radical (unpaired) electrons. The smallest absolute Gasteiger partial charge is 0.407 e. The number of aromatic nitrogens is 2. The molecule has 2 heterocycles. The van der Waals surface area contributed by atoms with Gasteiger partial charge in [-0.25, -0.2) is 4.79 Å². The molecule has 1 spiro atoms. The van der Waals surface area contributed by atoms with Crippen molar-refractivity contribution in [1.82, 2.24) is 20.4 Å². The average Bonchev–Trinajstić information content (AvgIpc) is 3.57. The lowest BCUT2D eigenvalue weighted by Crippen LogP contribution is -2.43. The van der Waals surface area contributed by atoms with Gasteiger partial charge in [-0.1, -0.05) is 24.3 Å². The van der Waals surface area contributed by atoms with Gasteiger partial charge >= 0.3 is 6.09 Å². The van der Waals surface area contributed by atoms with Gasteiger partial charge in [-0.2, -0.15) is 5.10 Å². The summed E-state index contributed by atoms with van der Waals surface area (Å²) in [6.07, 6.45) is 5.27. The first-order valence-corrected chi connectivity index (χ1v) is 11.0. The minimum absolute atomic E-state index is 0.00289.